The van der Waals surface area contributed by atoms with Gasteiger partial charge in [-0.2, -0.15) is 0 Å². The number of hydrogen-bond donors (Lipinski definition) is 3. The van der Waals surface area contributed by atoms with E-state index in [1.54, 1.807) is 24.5 Å². The maximum atomic E-state index is 11.7. The molecule has 17 heavy (non-hydrogen) atoms. The number of nitrogens with one attached hydrogen (secondary N) is 1. The number of fused-ring (bicyclic) bond motifs is 1. The number of carbonyl (C=O) groups is 1. The van der Waals surface area contributed by atoms with E-state index in [4.69, 9.17) is 11.5 Å². The van der Waals surface area contributed by atoms with E-state index in [1.807, 2.05) is 0 Å². The third-order valence-corrected chi connectivity index (χ3v) is 2.53. The lowest BCUT2D eigenvalue weighted by molar-refractivity contribution is -0.119. The summed E-state index contributed by atoms with van der Waals surface area (Å²) in [6.07, 6.45) is 3.34. The number of H-pyrrole nitrogens is 1. The zero-order chi connectivity index (χ0) is 12.4. The van der Waals surface area contributed by atoms with Gasteiger partial charge in [0.15, 0.2) is 0 Å². The Hall–Kier alpha value is -2.21. The lowest BCUT2D eigenvalue weighted by Gasteiger charge is -2.07. The molecule has 0 saturated carbocycles. The van der Waals surface area contributed by atoms with Crippen LogP contribution in [0.3, 0.4) is 0 Å². The molecule has 5 N–H and O–H groups in total. The first-order valence-electron chi connectivity index (χ1n) is 5.09. The highest BCUT2D eigenvalue weighted by Crippen LogP contribution is 2.09. The zero-order valence-electron chi connectivity index (χ0n) is 9.01. The van der Waals surface area contributed by atoms with Gasteiger partial charge in [-0.3, -0.25) is 14.6 Å². The molecule has 0 unspecified atom stereocenters. The van der Waals surface area contributed by atoms with Gasteiger partial charge >= 0.3 is 0 Å². The van der Waals surface area contributed by atoms with Crippen LogP contribution in [0.4, 0.5) is 0 Å². The molecule has 2 aromatic rings. The Morgan fingerprint density at radius 1 is 1.53 bits per heavy atom. The van der Waals surface area contributed by atoms with Gasteiger partial charge in [-0.15, -0.1) is 0 Å². The van der Waals surface area contributed by atoms with Gasteiger partial charge in [0.25, 0.3) is 5.56 Å². The van der Waals surface area contributed by atoms with Crippen LogP contribution >= 0.6 is 0 Å². The molecule has 1 atom stereocenters. The number of nitrogens with two attached hydrogens (primary N) is 2. The summed E-state index contributed by atoms with van der Waals surface area (Å²) in [4.78, 5) is 29.2. The van der Waals surface area contributed by atoms with E-state index in [9.17, 15) is 9.59 Å². The second kappa shape index (κ2) is 4.34. The minimum absolute atomic E-state index is 0.121. The Morgan fingerprint density at radius 2 is 2.29 bits per heavy atom. The van der Waals surface area contributed by atoms with E-state index in [1.165, 1.54) is 0 Å². The predicted molar refractivity (Wildman–Crippen MR) is 63.2 cm³/mol. The van der Waals surface area contributed by atoms with Crippen molar-refractivity contribution in [1.82, 2.24) is 9.97 Å². The number of nitrogens with zero attached hydrogens (tertiary/aromatic N) is 1. The summed E-state index contributed by atoms with van der Waals surface area (Å²) >= 11 is 0. The molecule has 2 rings (SSSR count). The molecule has 0 aromatic carbocycles. The molecule has 0 fully saturated rings. The lowest BCUT2D eigenvalue weighted by atomic mass is 10.1. The molecule has 1 amide bonds. The first kappa shape index (κ1) is 11.3. The van der Waals surface area contributed by atoms with Crippen molar-refractivity contribution in [3.8, 4) is 0 Å². The van der Waals surface area contributed by atoms with Crippen molar-refractivity contribution in [2.75, 3.05) is 0 Å². The molecule has 0 aliphatic rings. The van der Waals surface area contributed by atoms with Gasteiger partial charge in [0.1, 0.15) is 0 Å². The third kappa shape index (κ3) is 2.31. The molecule has 0 aliphatic carbocycles. The number of aromatic nitrogens is 2. The maximum absolute atomic E-state index is 11.7. The minimum atomic E-state index is -0.856. The molecule has 0 aliphatic heterocycles. The highest BCUT2D eigenvalue weighted by molar-refractivity contribution is 5.81. The first-order chi connectivity index (χ1) is 8.08. The van der Waals surface area contributed by atoms with E-state index in [0.717, 1.165) is 5.39 Å². The van der Waals surface area contributed by atoms with Crippen molar-refractivity contribution in [2.24, 2.45) is 11.5 Å². The minimum Gasteiger partial charge on any atom is -0.368 e. The van der Waals surface area contributed by atoms with Crippen molar-refractivity contribution in [1.29, 1.82) is 0 Å². The van der Waals surface area contributed by atoms with Gasteiger partial charge < -0.3 is 16.5 Å². The van der Waals surface area contributed by atoms with Gasteiger partial charge in [-0.25, -0.2) is 0 Å². The van der Waals surface area contributed by atoms with Crippen LogP contribution < -0.4 is 17.0 Å². The summed E-state index contributed by atoms with van der Waals surface area (Å²) < 4.78 is 0. The predicted octanol–water partition coefficient (Wildman–Crippen LogP) is -0.722. The van der Waals surface area contributed by atoms with Crippen LogP contribution in [0.15, 0.2) is 29.3 Å². The summed E-state index contributed by atoms with van der Waals surface area (Å²) in [5.74, 6) is -0.629. The topological polar surface area (TPSA) is 115 Å². The highest BCUT2D eigenvalue weighted by atomic mass is 16.1. The Morgan fingerprint density at radius 3 is 3.00 bits per heavy atom. The fourth-order valence-electron chi connectivity index (χ4n) is 1.58. The zero-order valence-corrected chi connectivity index (χ0v) is 9.01. The van der Waals surface area contributed by atoms with E-state index in [2.05, 4.69) is 9.97 Å². The number of amides is 1. The van der Waals surface area contributed by atoms with Crippen LogP contribution in [0.2, 0.25) is 0 Å². The fourth-order valence-corrected chi connectivity index (χ4v) is 1.58. The molecule has 0 radical (unpaired) electrons. The molecule has 0 bridgehead atoms. The van der Waals surface area contributed by atoms with E-state index >= 15 is 0 Å². The highest BCUT2D eigenvalue weighted by Gasteiger charge is 2.13. The van der Waals surface area contributed by atoms with Crippen LogP contribution in [-0.2, 0) is 11.2 Å². The second-order valence-corrected chi connectivity index (χ2v) is 3.80. The lowest BCUT2D eigenvalue weighted by Crippen LogP contribution is -2.39. The van der Waals surface area contributed by atoms with Crippen molar-refractivity contribution >= 4 is 16.8 Å². The molecule has 2 heterocycles. The smallest absolute Gasteiger partial charge is 0.251 e. The van der Waals surface area contributed by atoms with Crippen LogP contribution in [0.25, 0.3) is 10.9 Å². The average Bonchev–Trinajstić information content (AvgIpc) is 2.29. The van der Waals surface area contributed by atoms with Gasteiger partial charge in [-0.1, -0.05) is 0 Å². The van der Waals surface area contributed by atoms with E-state index in [0.29, 0.717) is 11.1 Å². The number of primary amides is 1. The molecule has 0 spiro atoms. The van der Waals surface area contributed by atoms with Crippen molar-refractivity contribution < 1.29 is 4.79 Å². The Labute approximate surface area is 96.7 Å². The van der Waals surface area contributed by atoms with Crippen LogP contribution in [0, 0.1) is 0 Å². The van der Waals surface area contributed by atoms with Gasteiger partial charge in [0, 0.05) is 29.8 Å². The van der Waals surface area contributed by atoms with Crippen LogP contribution in [0.5, 0.6) is 0 Å². The Kier molecular flexibility index (Phi) is 2.88. The van der Waals surface area contributed by atoms with E-state index in [-0.39, 0.29) is 12.0 Å². The average molecular weight is 232 g/mol. The third-order valence-electron chi connectivity index (χ3n) is 2.53. The maximum Gasteiger partial charge on any atom is 0.251 e. The molecule has 88 valence electrons. The summed E-state index contributed by atoms with van der Waals surface area (Å²) in [6, 6.07) is 2.52. The standard InChI is InChI=1S/C11H12N4O2/c12-8(10(13)16)4-6-3-7-5-14-2-1-9(7)15-11(6)17/h1-3,5,8H,4,12H2,(H2,13,16)(H,15,17)/t8-/m1/s1. The molecule has 6 heteroatoms. The van der Waals surface area contributed by atoms with E-state index < -0.39 is 11.9 Å². The summed E-state index contributed by atoms with van der Waals surface area (Å²) in [6.45, 7) is 0. The van der Waals surface area contributed by atoms with Gasteiger partial charge in [-0.05, 0) is 12.1 Å². The van der Waals surface area contributed by atoms with Crippen LogP contribution in [0.1, 0.15) is 5.56 Å². The number of hydrogen-bond acceptors (Lipinski definition) is 4. The number of pyridine rings is 2. The summed E-state index contributed by atoms with van der Waals surface area (Å²) in [5, 5.41) is 0.791. The first-order valence-corrected chi connectivity index (χ1v) is 5.09. The van der Waals surface area contributed by atoms with Crippen molar-refractivity contribution in [3.05, 3.63) is 40.4 Å². The number of aromatic amines is 1. The Balaban J connectivity index is 2.44. The SMILES string of the molecule is NC(=O)[C@H](N)Cc1cc2cnccc2[nH]c1=O. The number of carbonyl (C=O) groups excluding carboxylic acids is 1. The fraction of sp³-hybridized carbons (Fsp3) is 0.182. The number of rotatable bonds is 3. The molecule has 2 aromatic heterocycles. The monoisotopic (exact) mass is 232 g/mol. The molecule has 0 saturated heterocycles. The molecular weight excluding hydrogens is 220 g/mol. The largest absolute Gasteiger partial charge is 0.368 e. The molecule has 6 nitrogen and oxygen atoms in total. The van der Waals surface area contributed by atoms with Crippen molar-refractivity contribution in [2.45, 2.75) is 12.5 Å². The van der Waals surface area contributed by atoms with Gasteiger partial charge in [0.05, 0.1) is 11.6 Å². The second-order valence-electron chi connectivity index (χ2n) is 3.80. The summed E-state index contributed by atoms with van der Waals surface area (Å²) in [7, 11) is 0. The summed E-state index contributed by atoms with van der Waals surface area (Å²) in [5.41, 5.74) is 11.4. The molecular formula is C11H12N4O2. The van der Waals surface area contributed by atoms with Crippen LogP contribution in [-0.4, -0.2) is 21.9 Å². The normalized spacial score (nSPS) is 12.5. The van der Waals surface area contributed by atoms with Crippen molar-refractivity contribution in [3.63, 3.8) is 0 Å². The quantitative estimate of drug-likeness (QED) is 0.647. The Bertz CT molecular complexity index is 620. The van der Waals surface area contributed by atoms with Gasteiger partial charge in [0.2, 0.25) is 5.91 Å².